The Morgan fingerprint density at radius 3 is 2.00 bits per heavy atom. The number of likely N-dealkylation sites (N-methyl/N-ethyl adjacent to an activating group) is 1. The van der Waals surface area contributed by atoms with Crippen LogP contribution in [0.3, 0.4) is 0 Å². The number of nitrogens with one attached hydrogen (secondary N) is 1. The zero-order valence-corrected chi connectivity index (χ0v) is 17.7. The van der Waals surface area contributed by atoms with Crippen molar-refractivity contribution in [3.8, 4) is 0 Å². The van der Waals surface area contributed by atoms with Gasteiger partial charge in [0.1, 0.15) is 0 Å². The monoisotopic (exact) mass is 415 g/mol. The number of rotatable bonds is 7. The molecule has 6 nitrogen and oxygen atoms in total. The molecule has 4 rings (SSSR count). The van der Waals surface area contributed by atoms with Crippen molar-refractivity contribution in [3.63, 3.8) is 0 Å². The topological polar surface area (TPSA) is 69.7 Å². The highest BCUT2D eigenvalue weighted by Crippen LogP contribution is 2.32. The fourth-order valence-electron chi connectivity index (χ4n) is 4.00. The average Bonchev–Trinajstić information content (AvgIpc) is 2.80. The molecule has 1 aliphatic heterocycles. The van der Waals surface area contributed by atoms with Crippen molar-refractivity contribution in [2.75, 3.05) is 31.1 Å². The van der Waals surface area contributed by atoms with E-state index >= 15 is 0 Å². The molecule has 0 radical (unpaired) electrons. The van der Waals surface area contributed by atoms with Crippen molar-refractivity contribution in [1.82, 2.24) is 10.2 Å². The van der Waals surface area contributed by atoms with Gasteiger partial charge in [0.15, 0.2) is 0 Å². The molecule has 1 N–H and O–H groups in total. The molecule has 0 unspecified atom stereocenters. The van der Waals surface area contributed by atoms with Gasteiger partial charge in [-0.05, 0) is 54.9 Å². The van der Waals surface area contributed by atoms with Crippen LogP contribution >= 0.6 is 0 Å². The minimum Gasteiger partial charge on any atom is -0.351 e. The van der Waals surface area contributed by atoms with E-state index in [4.69, 9.17) is 0 Å². The molecular weight excluding hydrogens is 390 g/mol. The third-order valence-electron chi connectivity index (χ3n) is 5.77. The molecule has 0 aromatic heterocycles. The first kappa shape index (κ1) is 20.8. The highest BCUT2D eigenvalue weighted by molar-refractivity contribution is 6.35. The SMILES string of the molecule is CCN(CC)CCNC(=O)c1ccc(N2C(=O)c3cccc4cccc(c34)C2=O)cc1. The number of anilines is 1. The van der Waals surface area contributed by atoms with E-state index in [-0.39, 0.29) is 17.7 Å². The zero-order valence-electron chi connectivity index (χ0n) is 17.7. The predicted molar refractivity (Wildman–Crippen MR) is 122 cm³/mol. The van der Waals surface area contributed by atoms with Crippen molar-refractivity contribution in [2.24, 2.45) is 0 Å². The molecule has 0 bridgehead atoms. The van der Waals surface area contributed by atoms with Gasteiger partial charge in [-0.15, -0.1) is 0 Å². The Balaban J connectivity index is 1.54. The second-order valence-corrected chi connectivity index (χ2v) is 7.48. The molecule has 0 fully saturated rings. The van der Waals surface area contributed by atoms with Crippen molar-refractivity contribution >= 4 is 34.2 Å². The van der Waals surface area contributed by atoms with Crippen LogP contribution in [0.15, 0.2) is 60.7 Å². The lowest BCUT2D eigenvalue weighted by molar-refractivity contribution is 0.0892. The van der Waals surface area contributed by atoms with E-state index in [2.05, 4.69) is 24.1 Å². The minimum atomic E-state index is -0.356. The fraction of sp³-hybridized carbons (Fsp3) is 0.240. The highest BCUT2D eigenvalue weighted by Gasteiger charge is 2.33. The Kier molecular flexibility index (Phi) is 5.82. The molecule has 3 aromatic rings. The first-order chi connectivity index (χ1) is 15.0. The molecule has 158 valence electrons. The molecule has 3 amide bonds. The number of nitrogens with zero attached hydrogens (tertiary/aromatic N) is 2. The number of hydrogen-bond acceptors (Lipinski definition) is 4. The van der Waals surface area contributed by atoms with Gasteiger partial charge in [0, 0.05) is 35.2 Å². The standard InChI is InChI=1S/C25H25N3O3/c1-3-27(4-2)16-15-26-23(29)18-11-13-19(14-12-18)28-24(30)20-9-5-7-17-8-6-10-21(22(17)20)25(28)31/h5-14H,3-4,15-16H2,1-2H3,(H,26,29). The maximum atomic E-state index is 13.1. The Morgan fingerprint density at radius 1 is 0.871 bits per heavy atom. The molecule has 31 heavy (non-hydrogen) atoms. The number of benzene rings is 3. The third kappa shape index (κ3) is 3.82. The van der Waals surface area contributed by atoms with E-state index in [1.807, 2.05) is 24.3 Å². The van der Waals surface area contributed by atoms with E-state index < -0.39 is 0 Å². The molecular formula is C25H25N3O3. The largest absolute Gasteiger partial charge is 0.351 e. The van der Waals surface area contributed by atoms with E-state index in [9.17, 15) is 14.4 Å². The van der Waals surface area contributed by atoms with Crippen LogP contribution in [-0.2, 0) is 0 Å². The van der Waals surface area contributed by atoms with E-state index in [1.54, 1.807) is 36.4 Å². The molecule has 3 aromatic carbocycles. The molecule has 1 heterocycles. The van der Waals surface area contributed by atoms with Gasteiger partial charge in [0.05, 0.1) is 5.69 Å². The lowest BCUT2D eigenvalue weighted by atomic mass is 9.93. The van der Waals surface area contributed by atoms with Gasteiger partial charge in [-0.25, -0.2) is 4.90 Å². The summed E-state index contributed by atoms with van der Waals surface area (Å²) in [5, 5.41) is 4.48. The molecule has 0 saturated carbocycles. The number of hydrogen-bond donors (Lipinski definition) is 1. The maximum absolute atomic E-state index is 13.1. The summed E-state index contributed by atoms with van der Waals surface area (Å²) in [4.78, 5) is 42.1. The van der Waals surface area contributed by atoms with Crippen molar-refractivity contribution in [1.29, 1.82) is 0 Å². The molecule has 0 atom stereocenters. The van der Waals surface area contributed by atoms with Crippen LogP contribution in [0, 0.1) is 0 Å². The number of carbonyl (C=O) groups excluding carboxylic acids is 3. The van der Waals surface area contributed by atoms with Crippen LogP contribution in [0.1, 0.15) is 44.9 Å². The summed E-state index contributed by atoms with van der Waals surface area (Å²) >= 11 is 0. The maximum Gasteiger partial charge on any atom is 0.265 e. The second-order valence-electron chi connectivity index (χ2n) is 7.48. The average molecular weight is 415 g/mol. The van der Waals surface area contributed by atoms with Crippen molar-refractivity contribution in [3.05, 3.63) is 77.4 Å². The van der Waals surface area contributed by atoms with Crippen molar-refractivity contribution in [2.45, 2.75) is 13.8 Å². The summed E-state index contributed by atoms with van der Waals surface area (Å²) in [5.74, 6) is -0.887. The second kappa shape index (κ2) is 8.70. The first-order valence-electron chi connectivity index (χ1n) is 10.6. The molecule has 6 heteroatoms. The van der Waals surface area contributed by atoms with Gasteiger partial charge >= 0.3 is 0 Å². The van der Waals surface area contributed by atoms with E-state index in [1.165, 1.54) is 4.90 Å². The van der Waals surface area contributed by atoms with Crippen LogP contribution < -0.4 is 10.2 Å². The van der Waals surface area contributed by atoms with Crippen LogP contribution in [0.4, 0.5) is 5.69 Å². The van der Waals surface area contributed by atoms with Gasteiger partial charge in [-0.2, -0.15) is 0 Å². The summed E-state index contributed by atoms with van der Waals surface area (Å²) in [6, 6.07) is 17.5. The van der Waals surface area contributed by atoms with Gasteiger partial charge < -0.3 is 10.2 Å². The Morgan fingerprint density at radius 2 is 1.45 bits per heavy atom. The first-order valence-corrected chi connectivity index (χ1v) is 10.6. The molecule has 1 aliphatic rings. The predicted octanol–water partition coefficient (Wildman–Crippen LogP) is 3.71. The van der Waals surface area contributed by atoms with Crippen LogP contribution in [0.2, 0.25) is 0 Å². The molecule has 0 aliphatic carbocycles. The van der Waals surface area contributed by atoms with Crippen LogP contribution in [0.25, 0.3) is 10.8 Å². The quantitative estimate of drug-likeness (QED) is 0.597. The number of amides is 3. The molecule has 0 saturated heterocycles. The number of carbonyl (C=O) groups is 3. The number of imide groups is 1. The van der Waals surface area contributed by atoms with Gasteiger partial charge in [0.2, 0.25) is 0 Å². The van der Waals surface area contributed by atoms with E-state index in [0.29, 0.717) is 34.3 Å². The van der Waals surface area contributed by atoms with Crippen LogP contribution in [0.5, 0.6) is 0 Å². The molecule has 0 spiro atoms. The Bertz CT molecular complexity index is 1100. The normalized spacial score (nSPS) is 13.2. The van der Waals surface area contributed by atoms with Gasteiger partial charge in [-0.3, -0.25) is 14.4 Å². The van der Waals surface area contributed by atoms with Gasteiger partial charge in [-0.1, -0.05) is 38.1 Å². The summed E-state index contributed by atoms with van der Waals surface area (Å²) in [6.45, 7) is 7.41. The summed E-state index contributed by atoms with van der Waals surface area (Å²) in [5.41, 5.74) is 1.95. The fourth-order valence-corrected chi connectivity index (χ4v) is 4.00. The third-order valence-corrected chi connectivity index (χ3v) is 5.77. The van der Waals surface area contributed by atoms with Gasteiger partial charge in [0.25, 0.3) is 17.7 Å². The smallest absolute Gasteiger partial charge is 0.265 e. The zero-order chi connectivity index (χ0) is 22.0. The lowest BCUT2D eigenvalue weighted by Gasteiger charge is -2.27. The Labute approximate surface area is 181 Å². The Hall–Kier alpha value is -3.51. The summed E-state index contributed by atoms with van der Waals surface area (Å²) in [7, 11) is 0. The highest BCUT2D eigenvalue weighted by atomic mass is 16.2. The van der Waals surface area contributed by atoms with Crippen LogP contribution in [-0.4, -0.2) is 48.8 Å². The van der Waals surface area contributed by atoms with Crippen molar-refractivity contribution < 1.29 is 14.4 Å². The summed E-state index contributed by atoms with van der Waals surface area (Å²) in [6.07, 6.45) is 0. The lowest BCUT2D eigenvalue weighted by Crippen LogP contribution is -2.40. The summed E-state index contributed by atoms with van der Waals surface area (Å²) < 4.78 is 0. The van der Waals surface area contributed by atoms with E-state index in [0.717, 1.165) is 25.0 Å². The minimum absolute atomic E-state index is 0.176.